The van der Waals surface area contributed by atoms with Gasteiger partial charge in [0, 0.05) is 6.42 Å². The third-order valence-electron chi connectivity index (χ3n) is 2.24. The molecule has 1 rings (SSSR count). The average Bonchev–Trinajstić information content (AvgIpc) is 2.19. The first-order valence-electron chi connectivity index (χ1n) is 5.86. The zero-order chi connectivity index (χ0) is 15.3. The second-order valence-electron chi connectivity index (χ2n) is 5.00. The van der Waals surface area contributed by atoms with Crippen LogP contribution in [0.4, 0.5) is 4.79 Å². The molecule has 10 heteroatoms. The summed E-state index contributed by atoms with van der Waals surface area (Å²) in [6.07, 6.45) is -0.602. The van der Waals surface area contributed by atoms with Crippen LogP contribution in [0.15, 0.2) is 5.28 Å². The number of carboxylic acid groups (broad SMARTS) is 1. The van der Waals surface area contributed by atoms with Crippen LogP contribution < -0.4 is 0 Å². The van der Waals surface area contributed by atoms with Gasteiger partial charge in [-0.15, -0.1) is 5.01 Å². The molecule has 1 atom stereocenters. The highest BCUT2D eigenvalue weighted by atomic mass is 16.8. The molecule has 0 saturated carbocycles. The van der Waals surface area contributed by atoms with Crippen molar-refractivity contribution in [3.05, 3.63) is 5.21 Å². The van der Waals surface area contributed by atoms with E-state index >= 15 is 0 Å². The second-order valence-corrected chi connectivity index (χ2v) is 5.00. The predicted octanol–water partition coefficient (Wildman–Crippen LogP) is 0.864. The Morgan fingerprint density at radius 2 is 2.15 bits per heavy atom. The molecule has 0 amide bonds. The Balaban J connectivity index is 2.28. The first-order valence-corrected chi connectivity index (χ1v) is 5.86. The maximum Gasteiger partial charge on any atom is 0.511 e. The summed E-state index contributed by atoms with van der Waals surface area (Å²) >= 11 is 0. The molecule has 0 spiro atoms. The number of carboxylic acids is 1. The number of hydrogen-bond acceptors (Lipinski definition) is 7. The molecular weight excluding hydrogens is 274 g/mol. The standard InChI is InChI=1S/C10H17N3O7/c1-10(2,3)20-9(16)18-6-19-11-13(17)12-5-4-7(12)8(14)15/h7H,4-6H2,1-3H3,(H,14,15)/b13-11+/t7-/m0/s1. The fourth-order valence-electron chi connectivity index (χ4n) is 1.30. The summed E-state index contributed by atoms with van der Waals surface area (Å²) in [5, 5.41) is 24.1. The highest BCUT2D eigenvalue weighted by molar-refractivity contribution is 5.74. The molecule has 0 aliphatic carbocycles. The quantitative estimate of drug-likeness (QED) is 0.197. The summed E-state index contributed by atoms with van der Waals surface area (Å²) in [5.41, 5.74) is -0.703. The van der Waals surface area contributed by atoms with Gasteiger partial charge in [0.15, 0.2) is 6.04 Å². The fourth-order valence-corrected chi connectivity index (χ4v) is 1.30. The van der Waals surface area contributed by atoms with Gasteiger partial charge in [-0.1, -0.05) is 0 Å². The van der Waals surface area contributed by atoms with E-state index in [4.69, 9.17) is 9.84 Å². The van der Waals surface area contributed by atoms with Crippen molar-refractivity contribution < 1.29 is 34.0 Å². The Kier molecular flexibility index (Phi) is 4.94. The van der Waals surface area contributed by atoms with E-state index in [0.717, 1.165) is 5.01 Å². The van der Waals surface area contributed by atoms with E-state index in [0.29, 0.717) is 6.42 Å². The summed E-state index contributed by atoms with van der Waals surface area (Å²) in [6, 6.07) is -0.911. The first-order chi connectivity index (χ1) is 9.20. The number of nitrogens with zero attached hydrogens (tertiary/aromatic N) is 3. The SMILES string of the molecule is CC(C)(C)OC(=O)OCO/N=[N+](/[O-])N1CC[C@H]1C(=O)O. The topological polar surface area (TPSA) is 124 Å². The first kappa shape index (κ1) is 15.8. The van der Waals surface area contributed by atoms with Crippen molar-refractivity contribution in [2.45, 2.75) is 38.8 Å². The molecule has 20 heavy (non-hydrogen) atoms. The Labute approximate surface area is 115 Å². The van der Waals surface area contributed by atoms with Crippen LogP contribution in [-0.2, 0) is 19.1 Å². The third kappa shape index (κ3) is 4.78. The molecule has 114 valence electrons. The molecule has 1 aliphatic rings. The Morgan fingerprint density at radius 1 is 1.50 bits per heavy atom. The molecule has 0 radical (unpaired) electrons. The fraction of sp³-hybridized carbons (Fsp3) is 0.800. The van der Waals surface area contributed by atoms with Crippen molar-refractivity contribution in [1.82, 2.24) is 5.01 Å². The molecule has 0 aromatic rings. The minimum atomic E-state index is -1.11. The predicted molar refractivity (Wildman–Crippen MR) is 62.1 cm³/mol. The van der Waals surface area contributed by atoms with Crippen LogP contribution in [0.3, 0.4) is 0 Å². The average molecular weight is 291 g/mol. The van der Waals surface area contributed by atoms with Crippen molar-refractivity contribution in [3.63, 3.8) is 0 Å². The molecule has 1 heterocycles. The summed E-state index contributed by atoms with van der Waals surface area (Å²) < 4.78 is 9.31. The largest absolute Gasteiger partial charge is 0.569 e. The van der Waals surface area contributed by atoms with Gasteiger partial charge in [-0.25, -0.2) is 9.59 Å². The Hall–Kier alpha value is -2.26. The van der Waals surface area contributed by atoms with Crippen LogP contribution in [0.2, 0.25) is 0 Å². The van der Waals surface area contributed by atoms with Crippen molar-refractivity contribution in [1.29, 1.82) is 0 Å². The van der Waals surface area contributed by atoms with E-state index in [-0.39, 0.29) is 11.5 Å². The second kappa shape index (κ2) is 6.26. The lowest BCUT2D eigenvalue weighted by atomic mass is 10.1. The number of carbonyl (C=O) groups excluding carboxylic acids is 1. The van der Waals surface area contributed by atoms with E-state index in [9.17, 15) is 14.8 Å². The van der Waals surface area contributed by atoms with Gasteiger partial charge >= 0.3 is 12.1 Å². The lowest BCUT2D eigenvalue weighted by molar-refractivity contribution is -0.729. The molecule has 0 aromatic heterocycles. The number of hydrogen-bond donors (Lipinski definition) is 1. The molecule has 0 unspecified atom stereocenters. The maximum absolute atomic E-state index is 11.3. The van der Waals surface area contributed by atoms with Crippen LogP contribution in [0.1, 0.15) is 27.2 Å². The van der Waals surface area contributed by atoms with E-state index in [2.05, 4.69) is 14.9 Å². The number of carbonyl (C=O) groups is 2. The Morgan fingerprint density at radius 3 is 2.60 bits per heavy atom. The molecule has 10 nitrogen and oxygen atoms in total. The Bertz CT molecular complexity index is 404. The van der Waals surface area contributed by atoms with E-state index in [1.165, 1.54) is 0 Å². The van der Waals surface area contributed by atoms with E-state index in [1.54, 1.807) is 20.8 Å². The van der Waals surface area contributed by atoms with Crippen LogP contribution >= 0.6 is 0 Å². The smallest absolute Gasteiger partial charge is 0.511 e. The minimum Gasteiger partial charge on any atom is -0.569 e. The van der Waals surface area contributed by atoms with Crippen LogP contribution in [0.25, 0.3) is 0 Å². The lowest BCUT2D eigenvalue weighted by Crippen LogP contribution is -2.55. The normalized spacial score (nSPS) is 19.1. The molecular formula is C10H17N3O7. The maximum atomic E-state index is 11.3. The van der Waals surface area contributed by atoms with E-state index in [1.807, 2.05) is 0 Å². The van der Waals surface area contributed by atoms with Crippen LogP contribution in [0.5, 0.6) is 0 Å². The van der Waals surface area contributed by atoms with Gasteiger partial charge < -0.3 is 24.6 Å². The summed E-state index contributed by atoms with van der Waals surface area (Å²) in [6.45, 7) is 4.64. The zero-order valence-electron chi connectivity index (χ0n) is 11.4. The van der Waals surface area contributed by atoms with Gasteiger partial charge in [0.2, 0.25) is 5.28 Å². The summed E-state index contributed by atoms with van der Waals surface area (Å²) in [4.78, 5) is 26.2. The molecule has 1 aliphatic heterocycles. The van der Waals surface area contributed by atoms with Gasteiger partial charge in [-0.2, -0.15) is 0 Å². The van der Waals surface area contributed by atoms with Crippen LogP contribution in [-0.4, -0.2) is 52.2 Å². The highest BCUT2D eigenvalue weighted by Crippen LogP contribution is 2.17. The van der Waals surface area contributed by atoms with Crippen molar-refractivity contribution >= 4 is 12.1 Å². The zero-order valence-corrected chi connectivity index (χ0v) is 11.4. The van der Waals surface area contributed by atoms with Crippen molar-refractivity contribution in [3.8, 4) is 0 Å². The van der Waals surface area contributed by atoms with Crippen LogP contribution in [0, 0.1) is 5.21 Å². The summed E-state index contributed by atoms with van der Waals surface area (Å²) in [7, 11) is 0. The number of ether oxygens (including phenoxy) is 2. The number of hydrazine groups is 1. The third-order valence-corrected chi connectivity index (χ3v) is 2.24. The number of aliphatic carboxylic acids is 1. The number of rotatable bonds is 5. The van der Waals surface area contributed by atoms with Gasteiger partial charge in [0.05, 0.1) is 11.5 Å². The van der Waals surface area contributed by atoms with Crippen molar-refractivity contribution in [2.75, 3.05) is 13.3 Å². The van der Waals surface area contributed by atoms with Gasteiger partial charge in [-0.3, -0.25) is 0 Å². The minimum absolute atomic E-state index is 0.0146. The van der Waals surface area contributed by atoms with Gasteiger partial charge in [-0.05, 0) is 20.8 Å². The molecule has 0 bridgehead atoms. The summed E-state index contributed by atoms with van der Waals surface area (Å²) in [5.74, 6) is -1.11. The van der Waals surface area contributed by atoms with E-state index < -0.39 is 30.6 Å². The molecule has 0 aromatic carbocycles. The van der Waals surface area contributed by atoms with Crippen molar-refractivity contribution in [2.24, 2.45) is 5.28 Å². The monoisotopic (exact) mass is 291 g/mol. The lowest BCUT2D eigenvalue weighted by Gasteiger charge is -2.31. The highest BCUT2D eigenvalue weighted by Gasteiger charge is 2.41. The molecule has 1 fully saturated rings. The van der Waals surface area contributed by atoms with Gasteiger partial charge in [0.1, 0.15) is 5.60 Å². The van der Waals surface area contributed by atoms with Gasteiger partial charge in [0.25, 0.3) is 6.79 Å². The molecule has 1 N–H and O–H groups in total. The molecule has 1 saturated heterocycles.